The van der Waals surface area contributed by atoms with Crippen molar-refractivity contribution in [1.29, 1.82) is 0 Å². The van der Waals surface area contributed by atoms with Crippen molar-refractivity contribution >= 4 is 28.2 Å². The molecule has 2 aromatic rings. The van der Waals surface area contributed by atoms with Crippen LogP contribution in [-0.4, -0.2) is 31.9 Å². The molecule has 5 nitrogen and oxygen atoms in total. The van der Waals surface area contributed by atoms with Crippen LogP contribution < -0.4 is 5.32 Å². The Balaban J connectivity index is 1.77. The summed E-state index contributed by atoms with van der Waals surface area (Å²) in [7, 11) is 0. The highest BCUT2D eigenvalue weighted by Gasteiger charge is 2.15. The fraction of sp³-hybridized carbons (Fsp3) is 0.500. The standard InChI is InChI=1S/C18H27N5S2/c1-4-14(2)6-5-7-15(3)8-10-24-13-17(16-12-20-23-22-16)21-18-19-9-11-25-18/h6,8-9,11-12,17H,4-5,7,10,13H2,1-3H3,(H,19,21)(H,20,22,23)/b14-6+,15-8+. The minimum atomic E-state index is 0.110. The molecule has 2 heterocycles. The molecule has 25 heavy (non-hydrogen) atoms. The molecule has 0 aliphatic rings. The topological polar surface area (TPSA) is 66.5 Å². The number of nitrogens with one attached hydrogen (secondary N) is 2. The predicted molar refractivity (Wildman–Crippen MR) is 109 cm³/mol. The van der Waals surface area contributed by atoms with Crippen LogP contribution in [0.15, 0.2) is 41.1 Å². The fourth-order valence-corrected chi connectivity index (χ4v) is 3.81. The highest BCUT2D eigenvalue weighted by Crippen LogP contribution is 2.23. The zero-order valence-electron chi connectivity index (χ0n) is 15.2. The first kappa shape index (κ1) is 19.7. The molecule has 0 saturated carbocycles. The lowest BCUT2D eigenvalue weighted by Gasteiger charge is -2.14. The van der Waals surface area contributed by atoms with E-state index in [1.54, 1.807) is 23.7 Å². The molecule has 0 aliphatic heterocycles. The van der Waals surface area contributed by atoms with Gasteiger partial charge in [0.1, 0.15) is 5.69 Å². The van der Waals surface area contributed by atoms with Crippen LogP contribution in [0.1, 0.15) is 51.8 Å². The highest BCUT2D eigenvalue weighted by atomic mass is 32.2. The lowest BCUT2D eigenvalue weighted by Crippen LogP contribution is -2.14. The van der Waals surface area contributed by atoms with E-state index in [0.29, 0.717) is 0 Å². The van der Waals surface area contributed by atoms with Gasteiger partial charge in [-0.25, -0.2) is 4.98 Å². The van der Waals surface area contributed by atoms with E-state index in [0.717, 1.165) is 41.6 Å². The van der Waals surface area contributed by atoms with Crippen molar-refractivity contribution in [3.05, 3.63) is 46.8 Å². The van der Waals surface area contributed by atoms with Crippen molar-refractivity contribution in [2.24, 2.45) is 0 Å². The van der Waals surface area contributed by atoms with E-state index >= 15 is 0 Å². The normalized spacial score (nSPS) is 13.9. The third kappa shape index (κ3) is 7.44. The number of thioether (sulfide) groups is 1. The van der Waals surface area contributed by atoms with E-state index in [1.165, 1.54) is 11.1 Å². The lowest BCUT2D eigenvalue weighted by atomic mass is 10.1. The van der Waals surface area contributed by atoms with E-state index in [-0.39, 0.29) is 6.04 Å². The third-order valence-electron chi connectivity index (χ3n) is 3.94. The van der Waals surface area contributed by atoms with Crippen molar-refractivity contribution in [2.45, 2.75) is 46.1 Å². The van der Waals surface area contributed by atoms with Crippen molar-refractivity contribution in [3.63, 3.8) is 0 Å². The number of aromatic nitrogens is 4. The smallest absolute Gasteiger partial charge is 0.183 e. The Labute approximate surface area is 158 Å². The summed E-state index contributed by atoms with van der Waals surface area (Å²) in [5, 5.41) is 17.2. The SMILES string of the molecule is CC/C(C)=C/CC/C(C)=C/CSCC(Nc1nccs1)c1cn[nH]n1. The van der Waals surface area contributed by atoms with Gasteiger partial charge < -0.3 is 5.32 Å². The number of hydrogen-bond acceptors (Lipinski definition) is 6. The van der Waals surface area contributed by atoms with Crippen LogP contribution in [0.3, 0.4) is 0 Å². The van der Waals surface area contributed by atoms with E-state index in [1.807, 2.05) is 17.1 Å². The van der Waals surface area contributed by atoms with Crippen LogP contribution in [0.2, 0.25) is 0 Å². The second-order valence-corrected chi connectivity index (χ2v) is 7.93. The lowest BCUT2D eigenvalue weighted by molar-refractivity contribution is 0.825. The maximum absolute atomic E-state index is 4.30. The summed E-state index contributed by atoms with van der Waals surface area (Å²) >= 11 is 3.49. The van der Waals surface area contributed by atoms with Gasteiger partial charge in [0.15, 0.2) is 5.13 Å². The number of allylic oxidation sites excluding steroid dienone is 3. The molecule has 1 unspecified atom stereocenters. The summed E-state index contributed by atoms with van der Waals surface area (Å²) in [6.45, 7) is 6.63. The number of nitrogens with zero attached hydrogens (tertiary/aromatic N) is 3. The Bertz CT molecular complexity index is 647. The quantitative estimate of drug-likeness (QED) is 0.414. The number of thiazole rings is 1. The van der Waals surface area contributed by atoms with Gasteiger partial charge in [-0.15, -0.1) is 11.3 Å². The molecule has 0 aromatic carbocycles. The molecule has 0 saturated heterocycles. The fourth-order valence-electron chi connectivity index (χ4n) is 2.20. The maximum atomic E-state index is 4.30. The third-order valence-corrected chi connectivity index (χ3v) is 5.62. The zero-order valence-corrected chi connectivity index (χ0v) is 16.8. The maximum Gasteiger partial charge on any atom is 0.183 e. The Morgan fingerprint density at radius 2 is 2.24 bits per heavy atom. The first-order chi connectivity index (χ1) is 12.2. The Morgan fingerprint density at radius 3 is 2.92 bits per heavy atom. The Hall–Kier alpha value is -1.60. The number of aromatic amines is 1. The van der Waals surface area contributed by atoms with Crippen molar-refractivity contribution < 1.29 is 0 Å². The van der Waals surface area contributed by atoms with E-state index in [2.05, 4.69) is 58.6 Å². The summed E-state index contributed by atoms with van der Waals surface area (Å²) in [6, 6.07) is 0.110. The molecule has 0 bridgehead atoms. The second kappa shape index (κ2) is 11.1. The predicted octanol–water partition coefficient (Wildman–Crippen LogP) is 5.23. The molecule has 0 fully saturated rings. The van der Waals surface area contributed by atoms with Gasteiger partial charge in [0, 0.05) is 23.1 Å². The molecular weight excluding hydrogens is 350 g/mol. The van der Waals surface area contributed by atoms with Crippen LogP contribution in [0.5, 0.6) is 0 Å². The first-order valence-electron chi connectivity index (χ1n) is 8.59. The molecule has 2 rings (SSSR count). The molecule has 136 valence electrons. The molecule has 2 N–H and O–H groups in total. The van der Waals surface area contributed by atoms with E-state index in [9.17, 15) is 0 Å². The average Bonchev–Trinajstić information content (AvgIpc) is 3.30. The minimum Gasteiger partial charge on any atom is -0.352 e. The monoisotopic (exact) mass is 377 g/mol. The highest BCUT2D eigenvalue weighted by molar-refractivity contribution is 7.99. The average molecular weight is 378 g/mol. The number of H-pyrrole nitrogens is 1. The summed E-state index contributed by atoms with van der Waals surface area (Å²) in [4.78, 5) is 4.30. The molecule has 0 radical (unpaired) electrons. The van der Waals surface area contributed by atoms with Crippen LogP contribution in [0, 0.1) is 0 Å². The van der Waals surface area contributed by atoms with Crippen LogP contribution >= 0.6 is 23.1 Å². The van der Waals surface area contributed by atoms with Crippen LogP contribution in [0.4, 0.5) is 5.13 Å². The van der Waals surface area contributed by atoms with Crippen molar-refractivity contribution in [2.75, 3.05) is 16.8 Å². The number of rotatable bonds is 11. The second-order valence-electron chi connectivity index (χ2n) is 5.96. The van der Waals surface area contributed by atoms with Gasteiger partial charge in [0.05, 0.1) is 12.2 Å². The summed E-state index contributed by atoms with van der Waals surface area (Å²) in [5.74, 6) is 1.93. The molecular formula is C18H27N5S2. The van der Waals surface area contributed by atoms with Gasteiger partial charge in [-0.1, -0.05) is 30.2 Å². The molecule has 7 heteroatoms. The molecule has 0 amide bonds. The number of hydrogen-bond donors (Lipinski definition) is 2. The van der Waals surface area contributed by atoms with Crippen molar-refractivity contribution in [1.82, 2.24) is 20.4 Å². The molecule has 0 spiro atoms. The Kier molecular flexibility index (Phi) is 8.76. The van der Waals surface area contributed by atoms with Crippen LogP contribution in [0.25, 0.3) is 0 Å². The van der Waals surface area contributed by atoms with Gasteiger partial charge in [0.25, 0.3) is 0 Å². The molecule has 1 atom stereocenters. The summed E-state index contributed by atoms with van der Waals surface area (Å²) in [5.41, 5.74) is 3.85. The van der Waals surface area contributed by atoms with Gasteiger partial charge in [0.2, 0.25) is 0 Å². The van der Waals surface area contributed by atoms with E-state index in [4.69, 9.17) is 0 Å². The molecule has 0 aliphatic carbocycles. The minimum absolute atomic E-state index is 0.110. The van der Waals surface area contributed by atoms with Crippen molar-refractivity contribution in [3.8, 4) is 0 Å². The number of anilines is 1. The zero-order chi connectivity index (χ0) is 17.9. The summed E-state index contributed by atoms with van der Waals surface area (Å²) < 4.78 is 0. The Morgan fingerprint density at radius 1 is 1.36 bits per heavy atom. The van der Waals surface area contributed by atoms with E-state index < -0.39 is 0 Å². The van der Waals surface area contributed by atoms with Gasteiger partial charge in [-0.05, 0) is 33.1 Å². The van der Waals surface area contributed by atoms with Gasteiger partial charge in [-0.2, -0.15) is 27.2 Å². The summed E-state index contributed by atoms with van der Waals surface area (Å²) in [6.07, 6.45) is 11.7. The molecule has 2 aromatic heterocycles. The van der Waals surface area contributed by atoms with Gasteiger partial charge >= 0.3 is 0 Å². The largest absolute Gasteiger partial charge is 0.352 e. The first-order valence-corrected chi connectivity index (χ1v) is 10.6. The van der Waals surface area contributed by atoms with Crippen LogP contribution in [-0.2, 0) is 0 Å². The van der Waals surface area contributed by atoms with Gasteiger partial charge in [-0.3, -0.25) is 0 Å².